The smallest absolute Gasteiger partial charge is 0.550 e. The summed E-state index contributed by atoms with van der Waals surface area (Å²) < 4.78 is 0. The van der Waals surface area contributed by atoms with Crippen LogP contribution < -0.4 is 34.7 Å². The number of carbonyl (C=O) groups is 1. The van der Waals surface area contributed by atoms with E-state index >= 15 is 0 Å². The fraction of sp³-hybridized carbons (Fsp3) is 0.800. The van der Waals surface area contributed by atoms with Crippen molar-refractivity contribution >= 4 is 21.9 Å². The van der Waals surface area contributed by atoms with Crippen molar-refractivity contribution in [3.8, 4) is 0 Å². The fourth-order valence-corrected chi connectivity index (χ4v) is 1.64. The Balaban J connectivity index is 0.000000640. The Morgan fingerprint density at radius 1 is 1.56 bits per heavy atom. The van der Waals surface area contributed by atoms with Crippen LogP contribution in [0.3, 0.4) is 0 Å². The molecule has 0 aromatic rings. The van der Waals surface area contributed by atoms with Crippen LogP contribution in [0, 0.1) is 5.92 Å². The van der Waals surface area contributed by atoms with Crippen molar-refractivity contribution in [1.29, 1.82) is 0 Å². The minimum absolute atomic E-state index is 0. The van der Waals surface area contributed by atoms with Gasteiger partial charge in [-0.3, -0.25) is 0 Å². The van der Waals surface area contributed by atoms with Crippen molar-refractivity contribution < 1.29 is 39.5 Å². The fourth-order valence-electron chi connectivity index (χ4n) is 0.741. The first-order chi connectivity index (χ1) is 3.70. The van der Waals surface area contributed by atoms with Crippen LogP contribution in [0.1, 0.15) is 12.8 Å². The van der Waals surface area contributed by atoms with Gasteiger partial charge < -0.3 is 9.90 Å². The summed E-state index contributed by atoms with van der Waals surface area (Å²) >= 11 is 3.28. The van der Waals surface area contributed by atoms with Crippen LogP contribution >= 0.6 is 15.9 Å². The monoisotopic (exact) mass is 200 g/mol. The zero-order valence-electron chi connectivity index (χ0n) is 5.26. The zero-order chi connectivity index (χ0) is 6.15. The molecule has 0 heterocycles. The van der Waals surface area contributed by atoms with Gasteiger partial charge in [0.1, 0.15) is 0 Å². The van der Waals surface area contributed by atoms with Crippen molar-refractivity contribution in [2.24, 2.45) is 5.92 Å². The Kier molecular flexibility index (Phi) is 4.38. The van der Waals surface area contributed by atoms with E-state index in [1.807, 2.05) is 0 Å². The van der Waals surface area contributed by atoms with Gasteiger partial charge in [-0.05, 0) is 12.8 Å². The van der Waals surface area contributed by atoms with Gasteiger partial charge in [-0.2, -0.15) is 0 Å². The van der Waals surface area contributed by atoms with Gasteiger partial charge >= 0.3 is 29.6 Å². The Labute approximate surface area is 84.4 Å². The quantitative estimate of drug-likeness (QED) is 0.333. The summed E-state index contributed by atoms with van der Waals surface area (Å²) in [5.41, 5.74) is 0. The predicted octanol–water partition coefficient (Wildman–Crippen LogP) is -3.09. The first-order valence-electron chi connectivity index (χ1n) is 2.55. The van der Waals surface area contributed by atoms with Gasteiger partial charge in [-0.1, -0.05) is 15.9 Å². The minimum atomic E-state index is -0.902. The second-order valence-electron chi connectivity index (χ2n) is 2.08. The molecule has 0 N–H and O–H groups in total. The second kappa shape index (κ2) is 3.96. The summed E-state index contributed by atoms with van der Waals surface area (Å²) in [6.45, 7) is 0. The van der Waals surface area contributed by atoms with Gasteiger partial charge in [0.05, 0.1) is 0 Å². The Morgan fingerprint density at radius 2 is 2.00 bits per heavy atom. The first-order valence-corrected chi connectivity index (χ1v) is 3.46. The molecule has 4 heteroatoms. The molecule has 1 rings (SSSR count). The molecule has 0 saturated heterocycles. The van der Waals surface area contributed by atoms with E-state index in [0.29, 0.717) is 4.83 Å². The number of carboxylic acids is 1. The molecule has 0 amide bonds. The summed E-state index contributed by atoms with van der Waals surface area (Å²) in [6, 6.07) is 0. The summed E-state index contributed by atoms with van der Waals surface area (Å²) in [4.78, 5) is 10.4. The van der Waals surface area contributed by atoms with Crippen molar-refractivity contribution in [1.82, 2.24) is 0 Å². The SMILES string of the molecule is O=C([O-])C1CC(Br)C1.[Na+]. The molecule has 1 aliphatic rings. The number of alkyl halides is 1. The largest absolute Gasteiger partial charge is 1.00 e. The Hall–Kier alpha value is 0.950. The number of carboxylic acid groups (broad SMARTS) is 1. The van der Waals surface area contributed by atoms with Crippen molar-refractivity contribution in [3.05, 3.63) is 0 Å². The van der Waals surface area contributed by atoms with E-state index in [-0.39, 0.29) is 35.5 Å². The van der Waals surface area contributed by atoms with Gasteiger partial charge in [0.15, 0.2) is 0 Å². The normalized spacial score (nSPS) is 32.1. The van der Waals surface area contributed by atoms with E-state index in [1.54, 1.807) is 0 Å². The average Bonchev–Trinajstić information content (AvgIpc) is 1.57. The summed E-state index contributed by atoms with van der Waals surface area (Å²) in [5.74, 6) is -1.08. The molecular formula is C5H6BrNaO2. The first kappa shape index (κ1) is 9.95. The number of halogens is 1. The van der Waals surface area contributed by atoms with Crippen LogP contribution in [0.4, 0.5) is 0 Å². The molecule has 2 nitrogen and oxygen atoms in total. The van der Waals surface area contributed by atoms with E-state index in [9.17, 15) is 9.90 Å². The van der Waals surface area contributed by atoms with Crippen LogP contribution in [0.25, 0.3) is 0 Å². The molecule has 0 aromatic heterocycles. The van der Waals surface area contributed by atoms with E-state index in [4.69, 9.17) is 0 Å². The van der Waals surface area contributed by atoms with Crippen LogP contribution in [-0.2, 0) is 4.79 Å². The molecule has 0 bridgehead atoms. The zero-order valence-corrected chi connectivity index (χ0v) is 8.85. The molecule has 9 heavy (non-hydrogen) atoms. The van der Waals surface area contributed by atoms with Gasteiger partial charge in [0, 0.05) is 16.7 Å². The second-order valence-corrected chi connectivity index (χ2v) is 3.38. The van der Waals surface area contributed by atoms with E-state index in [2.05, 4.69) is 15.9 Å². The summed E-state index contributed by atoms with van der Waals surface area (Å²) in [6.07, 6.45) is 1.48. The number of hydrogen-bond acceptors (Lipinski definition) is 2. The Bertz CT molecular complexity index is 112. The van der Waals surface area contributed by atoms with E-state index in [1.165, 1.54) is 0 Å². The third-order valence-electron chi connectivity index (χ3n) is 1.41. The maximum Gasteiger partial charge on any atom is 1.00 e. The number of rotatable bonds is 1. The number of aliphatic carboxylic acids is 1. The van der Waals surface area contributed by atoms with Crippen molar-refractivity contribution in [3.63, 3.8) is 0 Å². The number of carbonyl (C=O) groups excluding carboxylic acids is 1. The molecule has 0 spiro atoms. The van der Waals surface area contributed by atoms with Gasteiger partial charge in [-0.15, -0.1) is 0 Å². The Morgan fingerprint density at radius 3 is 2.11 bits per heavy atom. The summed E-state index contributed by atoms with van der Waals surface area (Å²) in [7, 11) is 0. The van der Waals surface area contributed by atoms with Crippen molar-refractivity contribution in [2.45, 2.75) is 17.7 Å². The van der Waals surface area contributed by atoms with Crippen LogP contribution in [0.15, 0.2) is 0 Å². The van der Waals surface area contributed by atoms with Gasteiger partial charge in [0.2, 0.25) is 0 Å². The molecule has 0 atom stereocenters. The summed E-state index contributed by atoms with van der Waals surface area (Å²) in [5, 5.41) is 10.00. The average molecular weight is 201 g/mol. The van der Waals surface area contributed by atoms with Crippen LogP contribution in [0.5, 0.6) is 0 Å². The molecule has 0 unspecified atom stereocenters. The standard InChI is InChI=1S/C5H7BrO2.Na/c6-4-1-3(2-4)5(7)8;/h3-4H,1-2H2,(H,7,8);/q;+1/p-1. The van der Waals surface area contributed by atoms with E-state index in [0.717, 1.165) is 12.8 Å². The maximum absolute atomic E-state index is 10.00. The van der Waals surface area contributed by atoms with E-state index < -0.39 is 5.97 Å². The molecule has 1 fully saturated rings. The molecule has 0 aliphatic heterocycles. The third-order valence-corrected chi connectivity index (χ3v) is 2.16. The molecule has 0 aromatic carbocycles. The van der Waals surface area contributed by atoms with Gasteiger partial charge in [0.25, 0.3) is 0 Å². The topological polar surface area (TPSA) is 40.1 Å². The molecule has 46 valence electrons. The minimum Gasteiger partial charge on any atom is -0.550 e. The van der Waals surface area contributed by atoms with Crippen LogP contribution in [-0.4, -0.2) is 10.8 Å². The predicted molar refractivity (Wildman–Crippen MR) is 30.4 cm³/mol. The third kappa shape index (κ3) is 2.58. The van der Waals surface area contributed by atoms with Crippen LogP contribution in [0.2, 0.25) is 0 Å². The van der Waals surface area contributed by atoms with Crippen molar-refractivity contribution in [2.75, 3.05) is 0 Å². The number of hydrogen-bond donors (Lipinski definition) is 0. The molecule has 0 radical (unpaired) electrons. The molecular weight excluding hydrogens is 195 g/mol. The molecule has 1 saturated carbocycles. The molecule has 1 aliphatic carbocycles. The van der Waals surface area contributed by atoms with Gasteiger partial charge in [-0.25, -0.2) is 0 Å². The maximum atomic E-state index is 10.00.